The first-order chi connectivity index (χ1) is 13.6. The average molecular weight is 381 g/mol. The van der Waals surface area contributed by atoms with Crippen LogP contribution < -0.4 is 10.1 Å². The van der Waals surface area contributed by atoms with Crippen LogP contribution >= 0.6 is 0 Å². The molecule has 3 rings (SSSR count). The number of ether oxygens (including phenoxy) is 2. The molecule has 0 saturated heterocycles. The van der Waals surface area contributed by atoms with E-state index in [1.807, 2.05) is 18.2 Å². The molecule has 28 heavy (non-hydrogen) atoms. The molecule has 1 aromatic heterocycles. The topological polar surface area (TPSA) is 104 Å². The highest BCUT2D eigenvalue weighted by Crippen LogP contribution is 2.28. The molecule has 0 unspecified atom stereocenters. The van der Waals surface area contributed by atoms with Crippen LogP contribution in [0.1, 0.15) is 22.7 Å². The van der Waals surface area contributed by atoms with E-state index in [1.54, 1.807) is 37.4 Å². The van der Waals surface area contributed by atoms with Gasteiger partial charge in [0, 0.05) is 18.5 Å². The van der Waals surface area contributed by atoms with Gasteiger partial charge in [-0.3, -0.25) is 4.79 Å². The lowest BCUT2D eigenvalue weighted by Crippen LogP contribution is -2.12. The lowest BCUT2D eigenvalue weighted by atomic mass is 10.2. The van der Waals surface area contributed by atoms with E-state index in [0.717, 1.165) is 0 Å². The van der Waals surface area contributed by atoms with Gasteiger partial charge in [-0.1, -0.05) is 12.1 Å². The molecule has 2 aromatic carbocycles. The largest absolute Gasteiger partial charge is 0.496 e. The molecular formula is C20H19N3O5. The number of nitrogens with one attached hydrogen (secondary N) is 1. The van der Waals surface area contributed by atoms with E-state index in [-0.39, 0.29) is 12.3 Å². The van der Waals surface area contributed by atoms with Gasteiger partial charge < -0.3 is 19.2 Å². The highest BCUT2D eigenvalue weighted by atomic mass is 16.5. The number of aromatic nitrogens is 2. The van der Waals surface area contributed by atoms with Crippen LogP contribution in [0.5, 0.6) is 5.75 Å². The van der Waals surface area contributed by atoms with Crippen molar-refractivity contribution in [2.24, 2.45) is 0 Å². The molecule has 144 valence electrons. The summed E-state index contributed by atoms with van der Waals surface area (Å²) >= 11 is 0. The number of methoxy groups -OCH3 is 2. The van der Waals surface area contributed by atoms with Crippen molar-refractivity contribution in [3.05, 3.63) is 60.0 Å². The highest BCUT2D eigenvalue weighted by Gasteiger charge is 2.14. The second kappa shape index (κ2) is 8.81. The van der Waals surface area contributed by atoms with Crippen molar-refractivity contribution in [3.63, 3.8) is 0 Å². The molecule has 0 fully saturated rings. The molecule has 1 N–H and O–H groups in total. The minimum Gasteiger partial charge on any atom is -0.496 e. The quantitative estimate of drug-likeness (QED) is 0.627. The Morgan fingerprint density at radius 3 is 2.50 bits per heavy atom. The minimum absolute atomic E-state index is 0.173. The Hall–Kier alpha value is -3.68. The van der Waals surface area contributed by atoms with Crippen molar-refractivity contribution < 1.29 is 23.5 Å². The zero-order chi connectivity index (χ0) is 19.9. The molecule has 1 amide bonds. The van der Waals surface area contributed by atoms with E-state index in [2.05, 4.69) is 20.3 Å². The summed E-state index contributed by atoms with van der Waals surface area (Å²) in [6.45, 7) is 0. The predicted octanol–water partition coefficient (Wildman–Crippen LogP) is 3.10. The summed E-state index contributed by atoms with van der Waals surface area (Å²) in [6.07, 6.45) is 0.473. The zero-order valence-electron chi connectivity index (χ0n) is 15.5. The summed E-state index contributed by atoms with van der Waals surface area (Å²) in [5.41, 5.74) is 1.69. The normalized spacial score (nSPS) is 10.4. The molecule has 0 atom stereocenters. The summed E-state index contributed by atoms with van der Waals surface area (Å²) < 4.78 is 15.6. The third-order valence-corrected chi connectivity index (χ3v) is 3.96. The van der Waals surface area contributed by atoms with E-state index < -0.39 is 5.97 Å². The number of hydrogen-bond acceptors (Lipinski definition) is 7. The van der Waals surface area contributed by atoms with Gasteiger partial charge in [-0.25, -0.2) is 4.79 Å². The maximum absolute atomic E-state index is 12.1. The van der Waals surface area contributed by atoms with Crippen molar-refractivity contribution in [1.82, 2.24) is 10.2 Å². The van der Waals surface area contributed by atoms with Crippen molar-refractivity contribution in [1.29, 1.82) is 0 Å². The monoisotopic (exact) mass is 381 g/mol. The molecule has 0 bridgehead atoms. The highest BCUT2D eigenvalue weighted by molar-refractivity contribution is 5.93. The minimum atomic E-state index is -0.430. The van der Waals surface area contributed by atoms with Gasteiger partial charge in [0.25, 0.3) is 5.89 Å². The van der Waals surface area contributed by atoms with E-state index in [1.165, 1.54) is 7.11 Å². The molecule has 0 aliphatic heterocycles. The van der Waals surface area contributed by atoms with Crippen LogP contribution in [0.15, 0.2) is 52.9 Å². The van der Waals surface area contributed by atoms with Crippen molar-refractivity contribution >= 4 is 17.6 Å². The van der Waals surface area contributed by atoms with Gasteiger partial charge >= 0.3 is 5.97 Å². The predicted molar refractivity (Wildman–Crippen MR) is 101 cm³/mol. The van der Waals surface area contributed by atoms with Crippen molar-refractivity contribution in [2.75, 3.05) is 19.5 Å². The van der Waals surface area contributed by atoms with Gasteiger partial charge in [-0.2, -0.15) is 0 Å². The smallest absolute Gasteiger partial charge is 0.337 e. The molecule has 1 heterocycles. The van der Waals surface area contributed by atoms with E-state index in [0.29, 0.717) is 40.8 Å². The number of amides is 1. The van der Waals surface area contributed by atoms with Crippen LogP contribution in [0.2, 0.25) is 0 Å². The van der Waals surface area contributed by atoms with E-state index >= 15 is 0 Å². The third kappa shape index (κ3) is 4.53. The Labute approximate surface area is 161 Å². The van der Waals surface area contributed by atoms with Crippen molar-refractivity contribution in [2.45, 2.75) is 12.8 Å². The van der Waals surface area contributed by atoms with Crippen LogP contribution in [0, 0.1) is 0 Å². The second-order valence-electron chi connectivity index (χ2n) is 5.82. The molecule has 0 aliphatic rings. The Kier molecular flexibility index (Phi) is 6.01. The summed E-state index contributed by atoms with van der Waals surface area (Å²) in [6, 6.07) is 13.8. The molecule has 0 spiro atoms. The number of hydrogen-bond donors (Lipinski definition) is 1. The number of carbonyl (C=O) groups excluding carboxylic acids is 2. The SMILES string of the molecule is COC(=O)c1ccc(NC(=O)CCc2nnc(-c3ccccc3OC)o2)cc1. The maximum atomic E-state index is 12.1. The number of aryl methyl sites for hydroxylation is 1. The lowest BCUT2D eigenvalue weighted by Gasteiger charge is -2.05. The molecular weight excluding hydrogens is 362 g/mol. The standard InChI is InChI=1S/C20H19N3O5/c1-26-16-6-4-3-5-15(16)19-23-22-18(28-19)12-11-17(24)21-14-9-7-13(8-10-14)20(25)27-2/h3-10H,11-12H2,1-2H3,(H,21,24). The van der Waals surface area contributed by atoms with Gasteiger partial charge in [-0.15, -0.1) is 10.2 Å². The Balaban J connectivity index is 1.57. The molecule has 8 nitrogen and oxygen atoms in total. The number of carbonyl (C=O) groups is 2. The maximum Gasteiger partial charge on any atom is 0.337 e. The van der Waals surface area contributed by atoms with Crippen LogP contribution in [0.25, 0.3) is 11.5 Å². The summed E-state index contributed by atoms with van der Waals surface area (Å²) in [5, 5.41) is 10.8. The van der Waals surface area contributed by atoms with Crippen LogP contribution in [-0.4, -0.2) is 36.3 Å². The molecule has 8 heteroatoms. The number of anilines is 1. The van der Waals surface area contributed by atoms with E-state index in [9.17, 15) is 9.59 Å². The Bertz CT molecular complexity index is 966. The zero-order valence-corrected chi connectivity index (χ0v) is 15.5. The van der Waals surface area contributed by atoms with Crippen LogP contribution in [0.4, 0.5) is 5.69 Å². The first-order valence-electron chi connectivity index (χ1n) is 8.54. The molecule has 0 saturated carbocycles. The first kappa shape index (κ1) is 19.1. The van der Waals surface area contributed by atoms with Crippen molar-refractivity contribution in [3.8, 4) is 17.2 Å². The van der Waals surface area contributed by atoms with Crippen LogP contribution in [-0.2, 0) is 16.0 Å². The third-order valence-electron chi connectivity index (χ3n) is 3.96. The van der Waals surface area contributed by atoms with E-state index in [4.69, 9.17) is 9.15 Å². The number of benzene rings is 2. The van der Waals surface area contributed by atoms with Gasteiger partial charge in [-0.05, 0) is 36.4 Å². The second-order valence-corrected chi connectivity index (χ2v) is 5.82. The summed E-state index contributed by atoms with van der Waals surface area (Å²) in [4.78, 5) is 23.5. The number of esters is 1. The molecule has 3 aromatic rings. The van der Waals surface area contributed by atoms with Gasteiger partial charge in [0.1, 0.15) is 5.75 Å². The summed E-state index contributed by atoms with van der Waals surface area (Å²) in [7, 11) is 2.88. The number of rotatable bonds is 7. The lowest BCUT2D eigenvalue weighted by molar-refractivity contribution is -0.116. The average Bonchev–Trinajstić information content (AvgIpc) is 3.21. The Morgan fingerprint density at radius 2 is 1.79 bits per heavy atom. The Morgan fingerprint density at radius 1 is 1.04 bits per heavy atom. The molecule has 0 aliphatic carbocycles. The fourth-order valence-electron chi connectivity index (χ4n) is 2.54. The fraction of sp³-hybridized carbons (Fsp3) is 0.200. The fourth-order valence-corrected chi connectivity index (χ4v) is 2.54. The first-order valence-corrected chi connectivity index (χ1v) is 8.54. The summed E-state index contributed by atoms with van der Waals surface area (Å²) in [5.74, 6) is 0.692. The number of para-hydroxylation sites is 1. The van der Waals surface area contributed by atoms with Gasteiger partial charge in [0.2, 0.25) is 11.8 Å². The molecule has 0 radical (unpaired) electrons. The van der Waals surface area contributed by atoms with Gasteiger partial charge in [0.05, 0.1) is 25.3 Å². The van der Waals surface area contributed by atoms with Gasteiger partial charge in [0.15, 0.2) is 0 Å². The number of nitrogens with zero attached hydrogens (tertiary/aromatic N) is 2. The van der Waals surface area contributed by atoms with Crippen LogP contribution in [0.3, 0.4) is 0 Å².